The number of nitrogens with zero attached hydrogens (tertiary/aromatic N) is 5. The molecule has 2 aromatic carbocycles. The zero-order valence-electron chi connectivity index (χ0n) is 18.9. The van der Waals surface area contributed by atoms with Crippen LogP contribution in [0.5, 0.6) is 5.75 Å². The maximum Gasteiger partial charge on any atom is 0.573 e. The fraction of sp³-hybridized carbons (Fsp3) is 0.304. The minimum atomic E-state index is -4.70. The van der Waals surface area contributed by atoms with Crippen molar-refractivity contribution < 1.29 is 22.7 Å². The average molecular weight is 487 g/mol. The molecule has 1 fully saturated rings. The second-order valence-electron chi connectivity index (χ2n) is 7.85. The number of carbonyl (C=O) groups is 1. The van der Waals surface area contributed by atoms with E-state index in [4.69, 9.17) is 0 Å². The highest BCUT2D eigenvalue weighted by atomic mass is 19.4. The lowest BCUT2D eigenvalue weighted by Crippen LogP contribution is -2.46. The minimum Gasteiger partial charge on any atom is -0.406 e. The molecule has 2 heterocycles. The number of aromatic nitrogens is 3. The van der Waals surface area contributed by atoms with Crippen LogP contribution in [0, 0.1) is 0 Å². The van der Waals surface area contributed by atoms with Crippen molar-refractivity contribution in [1.29, 1.82) is 0 Å². The summed E-state index contributed by atoms with van der Waals surface area (Å²) in [4.78, 5) is 29.1. The summed E-state index contributed by atoms with van der Waals surface area (Å²) in [5.41, 5.74) is 2.10. The Kier molecular flexibility index (Phi) is 7.30. The minimum absolute atomic E-state index is 0.187. The highest BCUT2D eigenvalue weighted by Gasteiger charge is 2.31. The second-order valence-corrected chi connectivity index (χ2v) is 7.85. The van der Waals surface area contributed by atoms with Gasteiger partial charge in [0.25, 0.3) is 5.91 Å². The topological polar surface area (TPSA) is 95.5 Å². The summed E-state index contributed by atoms with van der Waals surface area (Å²) in [6.45, 7) is 3.47. The van der Waals surface area contributed by atoms with Crippen LogP contribution in [0.25, 0.3) is 0 Å². The molecule has 9 nitrogen and oxygen atoms in total. The van der Waals surface area contributed by atoms with E-state index in [9.17, 15) is 18.0 Å². The number of carbonyl (C=O) groups excluding carboxylic acids is 1. The summed E-state index contributed by atoms with van der Waals surface area (Å²) in [5, 5.41) is 5.69. The van der Waals surface area contributed by atoms with Gasteiger partial charge in [-0.2, -0.15) is 4.98 Å². The lowest BCUT2D eigenvalue weighted by molar-refractivity contribution is -0.274. The van der Waals surface area contributed by atoms with Gasteiger partial charge in [-0.15, -0.1) is 13.2 Å². The molecule has 0 spiro atoms. The van der Waals surface area contributed by atoms with Crippen LogP contribution in [0.1, 0.15) is 15.9 Å². The third-order valence-corrected chi connectivity index (χ3v) is 5.39. The molecule has 4 rings (SSSR count). The van der Waals surface area contributed by atoms with E-state index in [0.717, 1.165) is 18.7 Å². The molecule has 1 aliphatic rings. The number of benzene rings is 2. The molecule has 1 aliphatic heterocycles. The number of hydrogen-bond donors (Lipinski definition) is 2. The van der Waals surface area contributed by atoms with Gasteiger partial charge in [0.1, 0.15) is 12.1 Å². The standard InChI is InChI=1S/C23H24F3N7O2/c1-27-20(34)17-3-2-4-18(13-17)30-21-28-15-29-22(31-21)33-11-9-32(10-12-33)14-16-5-7-19(8-6-16)35-23(24,25)26/h2-8,13,15H,9-12,14H2,1H3,(H,27,34)(H,28,29,30,31). The number of amides is 1. The first-order chi connectivity index (χ1) is 16.8. The molecule has 1 saturated heterocycles. The van der Waals surface area contributed by atoms with Crippen molar-refractivity contribution in [3.63, 3.8) is 0 Å². The van der Waals surface area contributed by atoms with Crippen molar-refractivity contribution in [2.45, 2.75) is 12.9 Å². The SMILES string of the molecule is CNC(=O)c1cccc(Nc2ncnc(N3CCN(Cc4ccc(OC(F)(F)F)cc4)CC3)n2)c1. The number of anilines is 3. The van der Waals surface area contributed by atoms with E-state index in [2.05, 4.69) is 35.2 Å². The number of ether oxygens (including phenoxy) is 1. The largest absolute Gasteiger partial charge is 0.573 e. The molecule has 3 aromatic rings. The Morgan fingerprint density at radius 3 is 2.49 bits per heavy atom. The summed E-state index contributed by atoms with van der Waals surface area (Å²) in [6.07, 6.45) is -3.26. The monoisotopic (exact) mass is 487 g/mol. The van der Waals surface area contributed by atoms with Crippen molar-refractivity contribution >= 4 is 23.5 Å². The van der Waals surface area contributed by atoms with E-state index >= 15 is 0 Å². The van der Waals surface area contributed by atoms with E-state index in [1.54, 1.807) is 37.4 Å². The number of nitrogens with one attached hydrogen (secondary N) is 2. The van der Waals surface area contributed by atoms with Gasteiger partial charge in [-0.05, 0) is 35.9 Å². The van der Waals surface area contributed by atoms with Crippen molar-refractivity contribution in [1.82, 2.24) is 25.2 Å². The van der Waals surface area contributed by atoms with Crippen LogP contribution in [0.3, 0.4) is 0 Å². The molecule has 1 aromatic heterocycles. The fourth-order valence-corrected chi connectivity index (χ4v) is 3.67. The number of alkyl halides is 3. The van der Waals surface area contributed by atoms with Crippen LogP contribution in [0.2, 0.25) is 0 Å². The van der Waals surface area contributed by atoms with Gasteiger partial charge in [-0.3, -0.25) is 9.69 Å². The Morgan fingerprint density at radius 2 is 1.80 bits per heavy atom. The van der Waals surface area contributed by atoms with E-state index in [-0.39, 0.29) is 11.7 Å². The van der Waals surface area contributed by atoms with E-state index in [0.29, 0.717) is 42.8 Å². The van der Waals surface area contributed by atoms with Gasteiger partial charge in [-0.25, -0.2) is 9.97 Å². The molecule has 0 saturated carbocycles. The van der Waals surface area contributed by atoms with Crippen LogP contribution in [-0.4, -0.2) is 65.3 Å². The van der Waals surface area contributed by atoms with Gasteiger partial charge in [0, 0.05) is 51.0 Å². The second kappa shape index (κ2) is 10.6. The van der Waals surface area contributed by atoms with Gasteiger partial charge in [0.05, 0.1) is 0 Å². The van der Waals surface area contributed by atoms with Gasteiger partial charge >= 0.3 is 6.36 Å². The normalized spacial score (nSPS) is 14.5. The Morgan fingerprint density at radius 1 is 1.06 bits per heavy atom. The first-order valence-electron chi connectivity index (χ1n) is 10.9. The Balaban J connectivity index is 1.32. The van der Waals surface area contributed by atoms with Crippen LogP contribution in [0.4, 0.5) is 30.8 Å². The quantitative estimate of drug-likeness (QED) is 0.525. The zero-order valence-corrected chi connectivity index (χ0v) is 18.9. The number of piperazine rings is 1. The van der Waals surface area contributed by atoms with Crippen molar-refractivity contribution in [2.75, 3.05) is 43.4 Å². The van der Waals surface area contributed by atoms with Crippen molar-refractivity contribution in [3.8, 4) is 5.75 Å². The van der Waals surface area contributed by atoms with Crippen LogP contribution in [-0.2, 0) is 6.54 Å². The van der Waals surface area contributed by atoms with Gasteiger partial charge in [0.15, 0.2) is 0 Å². The lowest BCUT2D eigenvalue weighted by atomic mass is 10.2. The predicted octanol–water partition coefficient (Wildman–Crippen LogP) is 3.20. The highest BCUT2D eigenvalue weighted by molar-refractivity contribution is 5.95. The highest BCUT2D eigenvalue weighted by Crippen LogP contribution is 2.23. The summed E-state index contributed by atoms with van der Waals surface area (Å²) in [6, 6.07) is 12.9. The van der Waals surface area contributed by atoms with Crippen LogP contribution >= 0.6 is 0 Å². The number of halogens is 3. The van der Waals surface area contributed by atoms with Crippen LogP contribution in [0.15, 0.2) is 54.9 Å². The Labute approximate surface area is 200 Å². The van der Waals surface area contributed by atoms with Crippen molar-refractivity contribution in [2.24, 2.45) is 0 Å². The van der Waals surface area contributed by atoms with E-state index in [1.165, 1.54) is 18.5 Å². The lowest BCUT2D eigenvalue weighted by Gasteiger charge is -2.34. The third-order valence-electron chi connectivity index (χ3n) is 5.39. The molecule has 0 bridgehead atoms. The van der Waals surface area contributed by atoms with E-state index in [1.807, 2.05) is 11.0 Å². The molecule has 0 unspecified atom stereocenters. The number of hydrogen-bond acceptors (Lipinski definition) is 8. The van der Waals surface area contributed by atoms with Crippen molar-refractivity contribution in [3.05, 3.63) is 66.0 Å². The summed E-state index contributed by atoms with van der Waals surface area (Å²) >= 11 is 0. The first-order valence-corrected chi connectivity index (χ1v) is 10.9. The summed E-state index contributed by atoms with van der Waals surface area (Å²) < 4.78 is 40.9. The maximum absolute atomic E-state index is 12.3. The number of rotatable bonds is 7. The van der Waals surface area contributed by atoms with Gasteiger partial charge in [-0.1, -0.05) is 18.2 Å². The molecule has 0 radical (unpaired) electrons. The molecule has 184 valence electrons. The molecule has 0 aliphatic carbocycles. The van der Waals surface area contributed by atoms with Gasteiger partial charge in [0.2, 0.25) is 11.9 Å². The summed E-state index contributed by atoms with van der Waals surface area (Å²) in [7, 11) is 1.57. The maximum atomic E-state index is 12.3. The first kappa shape index (κ1) is 24.2. The molecular formula is C23H24F3N7O2. The molecular weight excluding hydrogens is 463 g/mol. The average Bonchev–Trinajstić information content (AvgIpc) is 2.85. The predicted molar refractivity (Wildman–Crippen MR) is 124 cm³/mol. The van der Waals surface area contributed by atoms with Gasteiger partial charge < -0.3 is 20.3 Å². The molecule has 1 amide bonds. The molecule has 35 heavy (non-hydrogen) atoms. The zero-order chi connectivity index (χ0) is 24.8. The third kappa shape index (κ3) is 6.79. The smallest absolute Gasteiger partial charge is 0.406 e. The molecule has 2 N–H and O–H groups in total. The summed E-state index contributed by atoms with van der Waals surface area (Å²) in [5.74, 6) is 0.491. The fourth-order valence-electron chi connectivity index (χ4n) is 3.67. The molecule has 12 heteroatoms. The van der Waals surface area contributed by atoms with Crippen LogP contribution < -0.4 is 20.3 Å². The van der Waals surface area contributed by atoms with E-state index < -0.39 is 6.36 Å². The molecule has 0 atom stereocenters. The Hall–Kier alpha value is -3.93. The Bertz CT molecular complexity index is 1150.